The Labute approximate surface area is 130 Å². The molecule has 0 spiro atoms. The molecule has 0 heterocycles. The van der Waals surface area contributed by atoms with Crippen molar-refractivity contribution in [1.82, 2.24) is 0 Å². The fourth-order valence-corrected chi connectivity index (χ4v) is 3.58. The first-order valence-corrected chi connectivity index (χ1v) is 7.69. The van der Waals surface area contributed by atoms with Gasteiger partial charge in [0.15, 0.2) is 0 Å². The van der Waals surface area contributed by atoms with Crippen LogP contribution in [0.2, 0.25) is 0 Å². The van der Waals surface area contributed by atoms with E-state index in [0.29, 0.717) is 0 Å². The normalized spacial score (nSPS) is 12.1. The molecule has 4 rings (SSSR count). The zero-order valence-electron chi connectivity index (χ0n) is 11.9. The summed E-state index contributed by atoms with van der Waals surface area (Å²) in [7, 11) is 0. The number of hydrogen-bond donors (Lipinski definition) is 1. The fourth-order valence-electron chi connectivity index (χ4n) is 3.26. The molecule has 0 saturated carbocycles. The van der Waals surface area contributed by atoms with Crippen molar-refractivity contribution in [2.75, 3.05) is 0 Å². The Kier molecular flexibility index (Phi) is 2.90. The third kappa shape index (κ3) is 2.00. The average Bonchev–Trinajstić information content (AvgIpc) is 2.85. The lowest BCUT2D eigenvalue weighted by atomic mass is 9.96. The summed E-state index contributed by atoms with van der Waals surface area (Å²) in [5.41, 5.74) is 9.34. The van der Waals surface area contributed by atoms with E-state index < -0.39 is 0 Å². The molecule has 1 aliphatic rings. The molecular weight excluding hydrogens is 272 g/mol. The molecular formula is C20H16S. The van der Waals surface area contributed by atoms with Crippen LogP contribution in [0.15, 0.2) is 65.6 Å². The lowest BCUT2D eigenvalue weighted by Crippen LogP contribution is -1.88. The minimum absolute atomic E-state index is 1.03. The Morgan fingerprint density at radius 1 is 0.714 bits per heavy atom. The van der Waals surface area contributed by atoms with Gasteiger partial charge >= 0.3 is 0 Å². The van der Waals surface area contributed by atoms with Crippen molar-refractivity contribution in [3.63, 3.8) is 0 Å². The van der Waals surface area contributed by atoms with Crippen molar-refractivity contribution in [2.24, 2.45) is 0 Å². The molecule has 0 nitrogen and oxygen atoms in total. The van der Waals surface area contributed by atoms with Crippen molar-refractivity contribution in [3.8, 4) is 22.3 Å². The molecule has 0 atom stereocenters. The van der Waals surface area contributed by atoms with Crippen LogP contribution in [-0.4, -0.2) is 0 Å². The third-order valence-electron chi connectivity index (χ3n) is 4.35. The maximum atomic E-state index is 4.75. The van der Waals surface area contributed by atoms with Gasteiger partial charge in [0, 0.05) is 4.90 Å². The van der Waals surface area contributed by atoms with E-state index in [-0.39, 0.29) is 0 Å². The highest BCUT2D eigenvalue weighted by molar-refractivity contribution is 7.80. The Bertz CT molecular complexity index is 846. The summed E-state index contributed by atoms with van der Waals surface area (Å²) in [6.07, 6.45) is 1.03. The summed E-state index contributed by atoms with van der Waals surface area (Å²) in [4.78, 5) is 1.06. The predicted octanol–water partition coefficient (Wildman–Crippen LogP) is 5.52. The summed E-state index contributed by atoms with van der Waals surface area (Å²) in [5, 5.41) is 0. The van der Waals surface area contributed by atoms with Gasteiger partial charge in [0.25, 0.3) is 0 Å². The minimum atomic E-state index is 1.03. The second kappa shape index (κ2) is 4.78. The second-order valence-electron chi connectivity index (χ2n) is 5.68. The quantitative estimate of drug-likeness (QED) is 0.438. The van der Waals surface area contributed by atoms with E-state index in [1.54, 1.807) is 0 Å². The van der Waals surface area contributed by atoms with Gasteiger partial charge < -0.3 is 0 Å². The van der Waals surface area contributed by atoms with Crippen LogP contribution in [0.5, 0.6) is 0 Å². The van der Waals surface area contributed by atoms with Gasteiger partial charge in [-0.25, -0.2) is 0 Å². The van der Waals surface area contributed by atoms with Crippen LogP contribution < -0.4 is 0 Å². The molecule has 0 fully saturated rings. The standard InChI is InChI=1S/C20H16S/c1-13-6-2-4-8-16(13)19-11-15-10-14-7-3-5-9-17(14)18(15)12-20(19)21/h2-9,11-12,21H,10H2,1H3. The van der Waals surface area contributed by atoms with Gasteiger partial charge in [-0.3, -0.25) is 0 Å². The first-order valence-electron chi connectivity index (χ1n) is 7.24. The van der Waals surface area contributed by atoms with E-state index in [4.69, 9.17) is 12.6 Å². The minimum Gasteiger partial charge on any atom is -0.143 e. The van der Waals surface area contributed by atoms with Gasteiger partial charge in [0.05, 0.1) is 0 Å². The Hall–Kier alpha value is -1.99. The van der Waals surface area contributed by atoms with Crippen molar-refractivity contribution >= 4 is 12.6 Å². The zero-order valence-corrected chi connectivity index (χ0v) is 12.8. The number of aryl methyl sites for hydroxylation is 1. The van der Waals surface area contributed by atoms with Crippen LogP contribution in [0.3, 0.4) is 0 Å². The molecule has 0 saturated heterocycles. The highest BCUT2D eigenvalue weighted by atomic mass is 32.1. The second-order valence-corrected chi connectivity index (χ2v) is 6.16. The maximum Gasteiger partial charge on any atom is 0.0125 e. The van der Waals surface area contributed by atoms with E-state index in [0.717, 1.165) is 11.3 Å². The average molecular weight is 288 g/mol. The van der Waals surface area contributed by atoms with Crippen LogP contribution in [0.1, 0.15) is 16.7 Å². The van der Waals surface area contributed by atoms with Gasteiger partial charge in [0.1, 0.15) is 0 Å². The molecule has 0 aliphatic heterocycles. The van der Waals surface area contributed by atoms with Crippen molar-refractivity contribution < 1.29 is 0 Å². The number of fused-ring (bicyclic) bond motifs is 3. The molecule has 0 bridgehead atoms. The van der Waals surface area contributed by atoms with Gasteiger partial charge in [-0.2, -0.15) is 0 Å². The number of thiol groups is 1. The monoisotopic (exact) mass is 288 g/mol. The summed E-state index contributed by atoms with van der Waals surface area (Å²) in [6, 6.07) is 21.7. The molecule has 1 aliphatic carbocycles. The maximum absolute atomic E-state index is 4.75. The van der Waals surface area contributed by atoms with Crippen LogP contribution in [0, 0.1) is 6.92 Å². The van der Waals surface area contributed by atoms with Gasteiger partial charge in [-0.15, -0.1) is 12.6 Å². The van der Waals surface area contributed by atoms with Crippen molar-refractivity contribution in [2.45, 2.75) is 18.2 Å². The first-order chi connectivity index (χ1) is 10.2. The summed E-state index contributed by atoms with van der Waals surface area (Å²) in [5.74, 6) is 0. The highest BCUT2D eigenvalue weighted by Crippen LogP contribution is 2.41. The first kappa shape index (κ1) is 12.7. The summed E-state index contributed by atoms with van der Waals surface area (Å²) < 4.78 is 0. The number of benzene rings is 3. The van der Waals surface area contributed by atoms with Crippen LogP contribution in [-0.2, 0) is 6.42 Å². The Morgan fingerprint density at radius 2 is 1.43 bits per heavy atom. The van der Waals surface area contributed by atoms with E-state index in [1.807, 2.05) is 0 Å². The lowest BCUT2D eigenvalue weighted by molar-refractivity contribution is 1.25. The van der Waals surface area contributed by atoms with Crippen molar-refractivity contribution in [3.05, 3.63) is 77.4 Å². The Morgan fingerprint density at radius 3 is 2.24 bits per heavy atom. The molecule has 0 N–H and O–H groups in total. The summed E-state index contributed by atoms with van der Waals surface area (Å²) >= 11 is 4.75. The number of rotatable bonds is 1. The van der Waals surface area contributed by atoms with Gasteiger partial charge in [-0.1, -0.05) is 48.5 Å². The topological polar surface area (TPSA) is 0 Å². The van der Waals surface area contributed by atoms with E-state index >= 15 is 0 Å². The van der Waals surface area contributed by atoms with Crippen LogP contribution in [0.4, 0.5) is 0 Å². The molecule has 102 valence electrons. The predicted molar refractivity (Wildman–Crippen MR) is 92.1 cm³/mol. The van der Waals surface area contributed by atoms with E-state index in [2.05, 4.69) is 67.6 Å². The van der Waals surface area contributed by atoms with E-state index in [1.165, 1.54) is 38.9 Å². The number of hydrogen-bond acceptors (Lipinski definition) is 1. The van der Waals surface area contributed by atoms with Crippen LogP contribution >= 0.6 is 12.6 Å². The molecule has 1 heteroatoms. The molecule has 3 aromatic carbocycles. The summed E-state index contributed by atoms with van der Waals surface area (Å²) in [6.45, 7) is 2.16. The van der Waals surface area contributed by atoms with Crippen LogP contribution in [0.25, 0.3) is 22.3 Å². The lowest BCUT2D eigenvalue weighted by Gasteiger charge is -2.11. The van der Waals surface area contributed by atoms with E-state index in [9.17, 15) is 0 Å². The third-order valence-corrected chi connectivity index (χ3v) is 4.72. The largest absolute Gasteiger partial charge is 0.143 e. The SMILES string of the molecule is Cc1ccccc1-c1cc2c(cc1S)-c1ccccc1C2. The molecule has 21 heavy (non-hydrogen) atoms. The smallest absolute Gasteiger partial charge is 0.0125 e. The molecule has 0 unspecified atom stereocenters. The zero-order chi connectivity index (χ0) is 14.4. The van der Waals surface area contributed by atoms with Crippen molar-refractivity contribution in [1.29, 1.82) is 0 Å². The fraction of sp³-hybridized carbons (Fsp3) is 0.100. The highest BCUT2D eigenvalue weighted by Gasteiger charge is 2.20. The Balaban J connectivity index is 1.92. The molecule has 0 radical (unpaired) electrons. The molecule has 0 aromatic heterocycles. The molecule has 0 amide bonds. The molecule has 3 aromatic rings. The van der Waals surface area contributed by atoms with Gasteiger partial charge in [0.2, 0.25) is 0 Å². The van der Waals surface area contributed by atoms with Gasteiger partial charge in [-0.05, 0) is 64.4 Å².